The van der Waals surface area contributed by atoms with Crippen molar-refractivity contribution in [1.29, 1.82) is 0 Å². The Balaban J connectivity index is 1.75. The number of hydrogen-bond donors (Lipinski definition) is 1. The van der Waals surface area contributed by atoms with Crippen molar-refractivity contribution in [1.82, 2.24) is 15.0 Å². The Morgan fingerprint density at radius 1 is 1.15 bits per heavy atom. The van der Waals surface area contributed by atoms with E-state index in [1.807, 2.05) is 4.90 Å². The lowest BCUT2D eigenvalue weighted by atomic mass is 9.96. The van der Waals surface area contributed by atoms with E-state index in [0.29, 0.717) is 53.5 Å². The SMILES string of the molecule is C#Cc1c(F)ccc2cccc(-c3ncc4c(N5CCC(O)CC5)nc(OC)nc4c3F)c12. The predicted octanol–water partition coefficient (Wildman–Crippen LogP) is 4.07. The molecule has 0 amide bonds. The highest BCUT2D eigenvalue weighted by Crippen LogP contribution is 2.36. The molecule has 1 aliphatic rings. The molecular weight excluding hydrogens is 426 g/mol. The van der Waals surface area contributed by atoms with Crippen molar-refractivity contribution in [2.24, 2.45) is 0 Å². The molecule has 0 saturated carbocycles. The maximum absolute atomic E-state index is 15.9. The second-order valence-electron chi connectivity index (χ2n) is 7.91. The van der Waals surface area contributed by atoms with Crippen LogP contribution in [0.3, 0.4) is 0 Å². The lowest BCUT2D eigenvalue weighted by molar-refractivity contribution is 0.145. The Morgan fingerprint density at radius 3 is 2.67 bits per heavy atom. The van der Waals surface area contributed by atoms with Gasteiger partial charge in [0.1, 0.15) is 22.8 Å². The van der Waals surface area contributed by atoms with Gasteiger partial charge in [-0.25, -0.2) is 8.78 Å². The van der Waals surface area contributed by atoms with Crippen LogP contribution in [0.2, 0.25) is 0 Å². The number of methoxy groups -OCH3 is 1. The normalized spacial score (nSPS) is 14.6. The van der Waals surface area contributed by atoms with E-state index < -0.39 is 11.6 Å². The topological polar surface area (TPSA) is 71.4 Å². The zero-order chi connectivity index (χ0) is 23.1. The summed E-state index contributed by atoms with van der Waals surface area (Å²) in [5.41, 5.74) is 0.483. The number of rotatable bonds is 3. The number of aromatic nitrogens is 3. The van der Waals surface area contributed by atoms with Crippen molar-refractivity contribution in [3.05, 3.63) is 53.7 Å². The minimum atomic E-state index is -0.675. The molecule has 1 saturated heterocycles. The zero-order valence-corrected chi connectivity index (χ0v) is 17.8. The Labute approximate surface area is 188 Å². The van der Waals surface area contributed by atoms with E-state index in [0.717, 1.165) is 0 Å². The molecule has 3 heterocycles. The first kappa shape index (κ1) is 21.0. The number of hydrogen-bond acceptors (Lipinski definition) is 6. The standard InChI is InChI=1S/C25H20F2N4O2/c1-3-16-19(26)8-7-14-5-4-6-17(20(14)16)22-21(27)23-18(13-28-22)24(30-25(29-23)33-2)31-11-9-15(32)10-12-31/h1,4-8,13,15,32H,9-12H2,2H3. The number of piperidine rings is 1. The highest BCUT2D eigenvalue weighted by molar-refractivity contribution is 6.02. The van der Waals surface area contributed by atoms with Crippen LogP contribution in [-0.2, 0) is 0 Å². The summed E-state index contributed by atoms with van der Waals surface area (Å²) in [6.07, 6.45) is 7.89. The number of nitrogens with zero attached hydrogens (tertiary/aromatic N) is 4. The Morgan fingerprint density at radius 2 is 1.94 bits per heavy atom. The van der Waals surface area contributed by atoms with Crippen LogP contribution in [0.4, 0.5) is 14.6 Å². The number of ether oxygens (including phenoxy) is 1. The molecule has 166 valence electrons. The van der Waals surface area contributed by atoms with E-state index in [1.165, 1.54) is 19.4 Å². The van der Waals surface area contributed by atoms with Gasteiger partial charge in [0.2, 0.25) is 0 Å². The quantitative estimate of drug-likeness (QED) is 0.479. The molecular formula is C25H20F2N4O2. The van der Waals surface area contributed by atoms with Gasteiger partial charge in [-0.15, -0.1) is 6.42 Å². The van der Waals surface area contributed by atoms with Crippen molar-refractivity contribution in [3.63, 3.8) is 0 Å². The summed E-state index contributed by atoms with van der Waals surface area (Å²) < 4.78 is 35.6. The predicted molar refractivity (Wildman–Crippen MR) is 122 cm³/mol. The van der Waals surface area contributed by atoms with Crippen LogP contribution >= 0.6 is 0 Å². The number of benzene rings is 2. The summed E-state index contributed by atoms with van der Waals surface area (Å²) in [5, 5.41) is 11.4. The Kier molecular flexibility index (Phi) is 5.27. The first-order valence-electron chi connectivity index (χ1n) is 10.5. The molecule has 0 bridgehead atoms. The second-order valence-corrected chi connectivity index (χ2v) is 7.91. The maximum atomic E-state index is 15.9. The molecule has 4 aromatic rings. The van der Waals surface area contributed by atoms with E-state index in [4.69, 9.17) is 11.2 Å². The molecule has 0 aliphatic carbocycles. The lowest BCUT2D eigenvalue weighted by Crippen LogP contribution is -2.36. The molecule has 1 N–H and O–H groups in total. The summed E-state index contributed by atoms with van der Waals surface area (Å²) >= 11 is 0. The number of aliphatic hydroxyl groups excluding tert-OH is 1. The van der Waals surface area contributed by atoms with Gasteiger partial charge in [0, 0.05) is 30.2 Å². The van der Waals surface area contributed by atoms with Gasteiger partial charge >= 0.3 is 6.01 Å². The van der Waals surface area contributed by atoms with Crippen LogP contribution < -0.4 is 9.64 Å². The van der Waals surface area contributed by atoms with Gasteiger partial charge in [-0.3, -0.25) is 4.98 Å². The molecule has 2 aromatic carbocycles. The van der Waals surface area contributed by atoms with Gasteiger partial charge in [0.05, 0.1) is 24.2 Å². The van der Waals surface area contributed by atoms with E-state index in [1.54, 1.807) is 24.3 Å². The molecule has 6 nitrogen and oxygen atoms in total. The molecule has 0 unspecified atom stereocenters. The molecule has 5 rings (SSSR count). The average molecular weight is 446 g/mol. The summed E-state index contributed by atoms with van der Waals surface area (Å²) in [7, 11) is 1.41. The summed E-state index contributed by atoms with van der Waals surface area (Å²) in [4.78, 5) is 15.0. The van der Waals surface area contributed by atoms with Crippen LogP contribution in [0.25, 0.3) is 32.9 Å². The highest BCUT2D eigenvalue weighted by atomic mass is 19.1. The maximum Gasteiger partial charge on any atom is 0.318 e. The molecule has 33 heavy (non-hydrogen) atoms. The average Bonchev–Trinajstić information content (AvgIpc) is 2.84. The molecule has 2 aromatic heterocycles. The van der Waals surface area contributed by atoms with Gasteiger partial charge < -0.3 is 14.7 Å². The minimum Gasteiger partial charge on any atom is -0.467 e. The second kappa shape index (κ2) is 8.26. The van der Waals surface area contributed by atoms with E-state index >= 15 is 4.39 Å². The molecule has 0 spiro atoms. The first-order valence-corrected chi connectivity index (χ1v) is 10.5. The van der Waals surface area contributed by atoms with Gasteiger partial charge in [-0.1, -0.05) is 30.2 Å². The molecule has 0 radical (unpaired) electrons. The van der Waals surface area contributed by atoms with E-state index in [9.17, 15) is 9.50 Å². The number of fused-ring (bicyclic) bond motifs is 2. The van der Waals surface area contributed by atoms with Crippen LogP contribution in [0, 0.1) is 24.0 Å². The molecule has 1 fully saturated rings. The van der Waals surface area contributed by atoms with E-state index in [2.05, 4.69) is 20.9 Å². The van der Waals surface area contributed by atoms with Gasteiger partial charge in [-0.2, -0.15) is 9.97 Å². The third-order valence-corrected chi connectivity index (χ3v) is 5.98. The first-order chi connectivity index (χ1) is 16.0. The number of pyridine rings is 1. The van der Waals surface area contributed by atoms with Crippen molar-refractivity contribution in [2.75, 3.05) is 25.1 Å². The number of halogens is 2. The fourth-order valence-electron chi connectivity index (χ4n) is 4.31. The zero-order valence-electron chi connectivity index (χ0n) is 17.8. The lowest BCUT2D eigenvalue weighted by Gasteiger charge is -2.31. The van der Waals surface area contributed by atoms with Gasteiger partial charge in [0.15, 0.2) is 5.82 Å². The summed E-state index contributed by atoms with van der Waals surface area (Å²) in [5.74, 6) is 1.64. The molecule has 0 atom stereocenters. The van der Waals surface area contributed by atoms with Crippen molar-refractivity contribution in [3.8, 4) is 29.6 Å². The Bertz CT molecular complexity index is 1430. The van der Waals surface area contributed by atoms with Crippen molar-refractivity contribution >= 4 is 27.5 Å². The van der Waals surface area contributed by atoms with Crippen molar-refractivity contribution < 1.29 is 18.6 Å². The molecule has 1 aliphatic heterocycles. The van der Waals surface area contributed by atoms with Gasteiger partial charge in [-0.05, 0) is 24.3 Å². The number of anilines is 1. The smallest absolute Gasteiger partial charge is 0.318 e. The van der Waals surface area contributed by atoms with Crippen LogP contribution in [0.5, 0.6) is 6.01 Å². The number of terminal acetylenes is 1. The summed E-state index contributed by atoms with van der Waals surface area (Å²) in [6, 6.07) is 8.10. The third kappa shape index (κ3) is 3.51. The molecule has 8 heteroatoms. The number of aliphatic hydroxyl groups is 1. The Hall–Kier alpha value is -3.83. The monoisotopic (exact) mass is 446 g/mol. The van der Waals surface area contributed by atoms with E-state index in [-0.39, 0.29) is 28.9 Å². The van der Waals surface area contributed by atoms with Crippen LogP contribution in [-0.4, -0.2) is 46.4 Å². The fourth-order valence-corrected chi connectivity index (χ4v) is 4.31. The minimum absolute atomic E-state index is 0.0102. The third-order valence-electron chi connectivity index (χ3n) is 5.98. The highest BCUT2D eigenvalue weighted by Gasteiger charge is 2.25. The van der Waals surface area contributed by atoms with Crippen LogP contribution in [0.1, 0.15) is 18.4 Å². The summed E-state index contributed by atoms with van der Waals surface area (Å²) in [6.45, 7) is 1.13. The van der Waals surface area contributed by atoms with Crippen LogP contribution in [0.15, 0.2) is 36.5 Å². The van der Waals surface area contributed by atoms with Crippen molar-refractivity contribution in [2.45, 2.75) is 18.9 Å². The van der Waals surface area contributed by atoms with Gasteiger partial charge in [0.25, 0.3) is 0 Å². The largest absolute Gasteiger partial charge is 0.467 e. The fraction of sp³-hybridized carbons (Fsp3) is 0.240.